The van der Waals surface area contributed by atoms with Crippen LogP contribution >= 0.6 is 11.3 Å². The minimum absolute atomic E-state index is 0.0560. The minimum Gasteiger partial charge on any atom is -0.399 e. The number of anilines is 2. The van der Waals surface area contributed by atoms with E-state index in [0.717, 1.165) is 36.1 Å². The molecule has 2 heterocycles. The Balaban J connectivity index is 1.79. The van der Waals surface area contributed by atoms with Crippen molar-refractivity contribution in [3.8, 4) is 0 Å². The van der Waals surface area contributed by atoms with Crippen LogP contribution < -0.4 is 11.1 Å². The Kier molecular flexibility index (Phi) is 2.79. The number of aromatic nitrogens is 1. The van der Waals surface area contributed by atoms with Crippen LogP contribution in [0.2, 0.25) is 0 Å². The Hall–Kier alpha value is -1.82. The summed E-state index contributed by atoms with van der Waals surface area (Å²) in [4.78, 5) is 18.1. The highest BCUT2D eigenvalue weighted by atomic mass is 32.1. The molecule has 6 heteroatoms. The zero-order valence-corrected chi connectivity index (χ0v) is 10.7. The molecule has 1 aliphatic rings. The highest BCUT2D eigenvalue weighted by molar-refractivity contribution is 7.22. The molecule has 1 aromatic carbocycles. The average Bonchev–Trinajstić information content (AvgIpc) is 2.95. The molecule has 3 N–H and O–H groups in total. The Bertz CT molecular complexity index is 589. The Labute approximate surface area is 109 Å². The fourth-order valence-corrected chi connectivity index (χ4v) is 2.99. The van der Waals surface area contributed by atoms with Gasteiger partial charge in [0, 0.05) is 18.8 Å². The van der Waals surface area contributed by atoms with Crippen LogP contribution in [0.4, 0.5) is 15.6 Å². The number of carbonyl (C=O) groups excluding carboxylic acids is 1. The monoisotopic (exact) mass is 262 g/mol. The number of carbonyl (C=O) groups is 1. The van der Waals surface area contributed by atoms with E-state index in [9.17, 15) is 4.79 Å². The standard InChI is InChI=1S/C12H14N4OS/c13-8-3-4-9-10(7-8)18-11(14-9)15-12(17)16-5-1-2-6-16/h3-4,7H,1-2,5-6,13H2,(H,14,15,17). The third kappa shape index (κ3) is 2.11. The van der Waals surface area contributed by atoms with E-state index in [0.29, 0.717) is 10.8 Å². The summed E-state index contributed by atoms with van der Waals surface area (Å²) in [6.07, 6.45) is 2.17. The molecule has 0 aliphatic carbocycles. The molecular formula is C12H14N4OS. The van der Waals surface area contributed by atoms with Crippen LogP contribution in [-0.4, -0.2) is 29.0 Å². The van der Waals surface area contributed by atoms with Gasteiger partial charge in [-0.3, -0.25) is 5.32 Å². The van der Waals surface area contributed by atoms with Gasteiger partial charge in [-0.05, 0) is 31.0 Å². The van der Waals surface area contributed by atoms with Crippen molar-refractivity contribution in [3.63, 3.8) is 0 Å². The number of urea groups is 1. The number of hydrogen-bond donors (Lipinski definition) is 2. The van der Waals surface area contributed by atoms with Crippen molar-refractivity contribution in [2.45, 2.75) is 12.8 Å². The van der Waals surface area contributed by atoms with Crippen molar-refractivity contribution in [2.75, 3.05) is 24.1 Å². The van der Waals surface area contributed by atoms with Crippen molar-refractivity contribution in [2.24, 2.45) is 0 Å². The lowest BCUT2D eigenvalue weighted by Gasteiger charge is -2.14. The molecule has 0 atom stereocenters. The summed E-state index contributed by atoms with van der Waals surface area (Å²) in [7, 11) is 0. The molecule has 1 aromatic heterocycles. The first-order chi connectivity index (χ1) is 8.72. The number of amides is 2. The maximum atomic E-state index is 11.9. The molecule has 1 fully saturated rings. The number of thiazole rings is 1. The number of nitrogen functional groups attached to an aromatic ring is 1. The van der Waals surface area contributed by atoms with Gasteiger partial charge in [0.2, 0.25) is 0 Å². The number of nitrogens with one attached hydrogen (secondary N) is 1. The van der Waals surface area contributed by atoms with E-state index in [2.05, 4.69) is 10.3 Å². The van der Waals surface area contributed by atoms with Gasteiger partial charge in [0.25, 0.3) is 0 Å². The molecule has 94 valence electrons. The molecule has 0 unspecified atom stereocenters. The van der Waals surface area contributed by atoms with Crippen LogP contribution in [0, 0.1) is 0 Å². The van der Waals surface area contributed by atoms with Crippen molar-refractivity contribution >= 4 is 38.4 Å². The maximum Gasteiger partial charge on any atom is 0.323 e. The van der Waals surface area contributed by atoms with Gasteiger partial charge in [0.1, 0.15) is 0 Å². The molecule has 3 rings (SSSR count). The predicted molar refractivity (Wildman–Crippen MR) is 73.9 cm³/mol. The number of nitrogens with zero attached hydrogens (tertiary/aromatic N) is 2. The quantitative estimate of drug-likeness (QED) is 0.776. The molecule has 0 bridgehead atoms. The number of hydrogen-bond acceptors (Lipinski definition) is 4. The summed E-state index contributed by atoms with van der Waals surface area (Å²) >= 11 is 1.45. The summed E-state index contributed by atoms with van der Waals surface area (Å²) < 4.78 is 0.992. The van der Waals surface area contributed by atoms with Crippen LogP contribution in [0.15, 0.2) is 18.2 Å². The van der Waals surface area contributed by atoms with Gasteiger partial charge in [0.05, 0.1) is 10.2 Å². The number of rotatable bonds is 1. The van der Waals surface area contributed by atoms with E-state index in [1.165, 1.54) is 11.3 Å². The second kappa shape index (κ2) is 4.45. The molecule has 2 amide bonds. The summed E-state index contributed by atoms with van der Waals surface area (Å²) in [5.74, 6) is 0. The lowest BCUT2D eigenvalue weighted by atomic mass is 10.3. The lowest BCUT2D eigenvalue weighted by Crippen LogP contribution is -2.32. The minimum atomic E-state index is -0.0560. The second-order valence-corrected chi connectivity index (χ2v) is 5.40. The smallest absolute Gasteiger partial charge is 0.323 e. The van der Waals surface area contributed by atoms with Gasteiger partial charge in [-0.15, -0.1) is 0 Å². The third-order valence-electron chi connectivity index (χ3n) is 3.02. The topological polar surface area (TPSA) is 71.2 Å². The van der Waals surface area contributed by atoms with Crippen molar-refractivity contribution in [1.29, 1.82) is 0 Å². The largest absolute Gasteiger partial charge is 0.399 e. The molecule has 0 spiro atoms. The molecule has 2 aromatic rings. The van der Waals surface area contributed by atoms with Crippen LogP contribution in [0.3, 0.4) is 0 Å². The van der Waals surface area contributed by atoms with Crippen LogP contribution in [0.5, 0.6) is 0 Å². The Morgan fingerprint density at radius 1 is 1.39 bits per heavy atom. The van der Waals surface area contributed by atoms with E-state index < -0.39 is 0 Å². The van der Waals surface area contributed by atoms with Gasteiger partial charge >= 0.3 is 6.03 Å². The number of likely N-dealkylation sites (tertiary alicyclic amines) is 1. The second-order valence-electron chi connectivity index (χ2n) is 4.37. The molecular weight excluding hydrogens is 248 g/mol. The highest BCUT2D eigenvalue weighted by Gasteiger charge is 2.18. The lowest BCUT2D eigenvalue weighted by molar-refractivity contribution is 0.222. The Morgan fingerprint density at radius 3 is 2.94 bits per heavy atom. The van der Waals surface area contributed by atoms with Gasteiger partial charge in [-0.2, -0.15) is 0 Å². The number of nitrogens with two attached hydrogens (primary N) is 1. The molecule has 1 aliphatic heterocycles. The average molecular weight is 262 g/mol. The fraction of sp³-hybridized carbons (Fsp3) is 0.333. The van der Waals surface area contributed by atoms with Gasteiger partial charge in [-0.1, -0.05) is 11.3 Å². The van der Waals surface area contributed by atoms with E-state index in [1.807, 2.05) is 23.1 Å². The van der Waals surface area contributed by atoms with Crippen molar-refractivity contribution in [1.82, 2.24) is 9.88 Å². The number of benzene rings is 1. The molecule has 18 heavy (non-hydrogen) atoms. The maximum absolute atomic E-state index is 11.9. The van der Waals surface area contributed by atoms with Crippen molar-refractivity contribution < 1.29 is 4.79 Å². The molecule has 5 nitrogen and oxygen atoms in total. The first kappa shape index (κ1) is 11.3. The van der Waals surface area contributed by atoms with Crippen LogP contribution in [-0.2, 0) is 0 Å². The molecule has 0 saturated carbocycles. The van der Waals surface area contributed by atoms with E-state index in [-0.39, 0.29) is 6.03 Å². The third-order valence-corrected chi connectivity index (χ3v) is 3.95. The summed E-state index contributed by atoms with van der Waals surface area (Å²) in [5.41, 5.74) is 7.30. The van der Waals surface area contributed by atoms with Gasteiger partial charge in [0.15, 0.2) is 5.13 Å². The van der Waals surface area contributed by atoms with Gasteiger partial charge < -0.3 is 10.6 Å². The highest BCUT2D eigenvalue weighted by Crippen LogP contribution is 2.27. The summed E-state index contributed by atoms with van der Waals surface area (Å²) in [6.45, 7) is 1.67. The number of fused-ring (bicyclic) bond motifs is 1. The SMILES string of the molecule is Nc1ccc2nc(NC(=O)N3CCCC3)sc2c1. The van der Waals surface area contributed by atoms with E-state index in [4.69, 9.17) is 5.73 Å². The fourth-order valence-electron chi connectivity index (χ4n) is 2.09. The molecule has 0 radical (unpaired) electrons. The zero-order valence-electron chi connectivity index (χ0n) is 9.85. The summed E-state index contributed by atoms with van der Waals surface area (Å²) in [6, 6.07) is 5.50. The zero-order chi connectivity index (χ0) is 12.5. The van der Waals surface area contributed by atoms with Crippen LogP contribution in [0.25, 0.3) is 10.2 Å². The first-order valence-electron chi connectivity index (χ1n) is 5.94. The Morgan fingerprint density at radius 2 is 2.17 bits per heavy atom. The van der Waals surface area contributed by atoms with Gasteiger partial charge in [-0.25, -0.2) is 9.78 Å². The summed E-state index contributed by atoms with van der Waals surface area (Å²) in [5, 5.41) is 3.48. The molecule has 1 saturated heterocycles. The van der Waals surface area contributed by atoms with Crippen molar-refractivity contribution in [3.05, 3.63) is 18.2 Å². The van der Waals surface area contributed by atoms with Crippen LogP contribution in [0.1, 0.15) is 12.8 Å². The first-order valence-corrected chi connectivity index (χ1v) is 6.76. The predicted octanol–water partition coefficient (Wildman–Crippen LogP) is 2.51. The normalized spacial score (nSPS) is 15.2. The van der Waals surface area contributed by atoms with E-state index >= 15 is 0 Å². The van der Waals surface area contributed by atoms with E-state index in [1.54, 1.807) is 0 Å².